The van der Waals surface area contributed by atoms with E-state index in [1.165, 1.54) is 13.4 Å². The van der Waals surface area contributed by atoms with Gasteiger partial charge in [0.15, 0.2) is 6.61 Å². The van der Waals surface area contributed by atoms with E-state index in [0.29, 0.717) is 33.6 Å². The molecule has 0 saturated carbocycles. The van der Waals surface area contributed by atoms with Crippen molar-refractivity contribution in [1.29, 1.82) is 0 Å². The fourth-order valence-electron chi connectivity index (χ4n) is 3.34. The summed E-state index contributed by atoms with van der Waals surface area (Å²) in [6.45, 7) is 5.78. The maximum Gasteiger partial charge on any atom is 0.343 e. The number of hydrogen-bond donors (Lipinski definition) is 0. The molecule has 0 aliphatic rings. The minimum absolute atomic E-state index is 0.194. The molecule has 6 nitrogen and oxygen atoms in total. The maximum atomic E-state index is 13.3. The SMILES string of the molecule is COC(=O)COc1cc2occ(-c3cc4ccccc4o3)c(=O)c2cc1C(C)(C)C. The summed E-state index contributed by atoms with van der Waals surface area (Å²) in [5.41, 5.74) is 1.68. The second-order valence-electron chi connectivity index (χ2n) is 8.09. The smallest absolute Gasteiger partial charge is 0.343 e. The summed E-state index contributed by atoms with van der Waals surface area (Å²) in [6.07, 6.45) is 1.39. The molecule has 6 heteroatoms. The molecule has 0 aliphatic carbocycles. The monoisotopic (exact) mass is 406 g/mol. The van der Waals surface area contributed by atoms with E-state index in [-0.39, 0.29) is 17.5 Å². The van der Waals surface area contributed by atoms with Gasteiger partial charge in [-0.3, -0.25) is 4.79 Å². The molecule has 30 heavy (non-hydrogen) atoms. The second-order valence-corrected chi connectivity index (χ2v) is 8.09. The van der Waals surface area contributed by atoms with E-state index in [9.17, 15) is 9.59 Å². The molecule has 2 aromatic carbocycles. The van der Waals surface area contributed by atoms with Gasteiger partial charge in [0.2, 0.25) is 5.43 Å². The van der Waals surface area contributed by atoms with Crippen LogP contribution in [0.15, 0.2) is 62.4 Å². The van der Waals surface area contributed by atoms with Crippen molar-refractivity contribution >= 4 is 27.9 Å². The third-order valence-corrected chi connectivity index (χ3v) is 4.95. The van der Waals surface area contributed by atoms with Gasteiger partial charge in [0.1, 0.15) is 34.5 Å². The molecule has 0 N–H and O–H groups in total. The van der Waals surface area contributed by atoms with Crippen molar-refractivity contribution in [2.24, 2.45) is 0 Å². The zero-order valence-electron chi connectivity index (χ0n) is 17.3. The minimum Gasteiger partial charge on any atom is -0.481 e. The highest BCUT2D eigenvalue weighted by Gasteiger charge is 2.23. The first-order valence-electron chi connectivity index (χ1n) is 9.56. The Balaban J connectivity index is 1.86. The van der Waals surface area contributed by atoms with Crippen molar-refractivity contribution in [1.82, 2.24) is 0 Å². The molecular weight excluding hydrogens is 384 g/mol. The van der Waals surface area contributed by atoms with Crippen molar-refractivity contribution < 1.29 is 23.1 Å². The van der Waals surface area contributed by atoms with Gasteiger partial charge >= 0.3 is 5.97 Å². The van der Waals surface area contributed by atoms with Crippen LogP contribution in [0.5, 0.6) is 5.75 Å². The topological polar surface area (TPSA) is 78.9 Å². The van der Waals surface area contributed by atoms with Crippen LogP contribution >= 0.6 is 0 Å². The first-order chi connectivity index (χ1) is 14.3. The van der Waals surface area contributed by atoms with Crippen molar-refractivity contribution in [3.63, 3.8) is 0 Å². The molecule has 4 rings (SSSR count). The molecule has 4 aromatic rings. The number of furan rings is 1. The quantitative estimate of drug-likeness (QED) is 0.441. The number of rotatable bonds is 4. The van der Waals surface area contributed by atoms with Crippen LogP contribution in [0, 0.1) is 0 Å². The van der Waals surface area contributed by atoms with Crippen LogP contribution in [-0.4, -0.2) is 19.7 Å². The summed E-state index contributed by atoms with van der Waals surface area (Å²) in [6, 6.07) is 12.8. The van der Waals surface area contributed by atoms with Crippen LogP contribution in [0.3, 0.4) is 0 Å². The Morgan fingerprint density at radius 1 is 1.07 bits per heavy atom. The lowest BCUT2D eigenvalue weighted by Crippen LogP contribution is -2.18. The molecule has 2 heterocycles. The van der Waals surface area contributed by atoms with Gasteiger partial charge in [-0.1, -0.05) is 39.0 Å². The van der Waals surface area contributed by atoms with Crippen LogP contribution in [-0.2, 0) is 14.9 Å². The Bertz CT molecular complexity index is 1270. The van der Waals surface area contributed by atoms with Crippen LogP contribution in [0.1, 0.15) is 26.3 Å². The predicted molar refractivity (Wildman–Crippen MR) is 114 cm³/mol. The summed E-state index contributed by atoms with van der Waals surface area (Å²) in [7, 11) is 1.30. The number of benzene rings is 2. The summed E-state index contributed by atoms with van der Waals surface area (Å²) in [4.78, 5) is 24.8. The highest BCUT2D eigenvalue weighted by Crippen LogP contribution is 2.35. The normalized spacial score (nSPS) is 11.7. The molecule has 0 bridgehead atoms. The van der Waals surface area contributed by atoms with Gasteiger partial charge in [0.05, 0.1) is 12.5 Å². The second kappa shape index (κ2) is 7.37. The van der Waals surface area contributed by atoms with Gasteiger partial charge in [-0.25, -0.2) is 4.79 Å². The molecule has 0 amide bonds. The minimum atomic E-state index is -0.489. The van der Waals surface area contributed by atoms with Gasteiger partial charge in [0, 0.05) is 17.0 Å². The Kier molecular flexibility index (Phi) is 4.86. The van der Waals surface area contributed by atoms with E-state index >= 15 is 0 Å². The number of carbonyl (C=O) groups excluding carboxylic acids is 1. The van der Waals surface area contributed by atoms with Crippen molar-refractivity contribution in [3.8, 4) is 17.1 Å². The van der Waals surface area contributed by atoms with E-state index in [1.807, 2.05) is 51.1 Å². The first kappa shape index (κ1) is 19.8. The number of ether oxygens (including phenoxy) is 2. The molecule has 0 radical (unpaired) electrons. The first-order valence-corrected chi connectivity index (χ1v) is 9.56. The number of para-hydroxylation sites is 1. The van der Waals surface area contributed by atoms with Gasteiger partial charge in [-0.15, -0.1) is 0 Å². The lowest BCUT2D eigenvalue weighted by molar-refractivity contribution is -0.142. The Morgan fingerprint density at radius 3 is 2.53 bits per heavy atom. The third kappa shape index (κ3) is 3.56. The molecule has 0 unspecified atom stereocenters. The molecule has 0 fully saturated rings. The van der Waals surface area contributed by atoms with E-state index in [1.54, 1.807) is 12.1 Å². The lowest BCUT2D eigenvalue weighted by Gasteiger charge is -2.23. The molecule has 154 valence electrons. The molecule has 0 aliphatic heterocycles. The van der Waals surface area contributed by atoms with Crippen molar-refractivity contribution in [2.45, 2.75) is 26.2 Å². The molecular formula is C24H22O6. The van der Waals surface area contributed by atoms with Crippen molar-refractivity contribution in [2.75, 3.05) is 13.7 Å². The van der Waals surface area contributed by atoms with E-state index in [0.717, 1.165) is 10.9 Å². The zero-order chi connectivity index (χ0) is 21.5. The summed E-state index contributed by atoms with van der Waals surface area (Å²) in [5.74, 6) is 0.437. The molecule has 0 saturated heterocycles. The molecule has 2 aromatic heterocycles. The average molecular weight is 406 g/mol. The summed E-state index contributed by atoms with van der Waals surface area (Å²) < 4.78 is 21.9. The van der Waals surface area contributed by atoms with E-state index < -0.39 is 5.97 Å². The standard InChI is InChI=1S/C24H22O6/c1-24(2,3)17-10-15-19(11-21(17)29-13-22(25)27-4)28-12-16(23(15)26)20-9-14-7-5-6-8-18(14)30-20/h5-12H,13H2,1-4H3. The van der Waals surface area contributed by atoms with Crippen LogP contribution in [0.2, 0.25) is 0 Å². The molecule has 0 spiro atoms. The Morgan fingerprint density at radius 2 is 1.83 bits per heavy atom. The van der Waals surface area contributed by atoms with E-state index in [2.05, 4.69) is 4.74 Å². The van der Waals surface area contributed by atoms with Crippen LogP contribution in [0.4, 0.5) is 0 Å². The van der Waals surface area contributed by atoms with Crippen molar-refractivity contribution in [3.05, 3.63) is 64.5 Å². The number of fused-ring (bicyclic) bond motifs is 2. The zero-order valence-corrected chi connectivity index (χ0v) is 17.3. The predicted octanol–water partition coefficient (Wildman–Crippen LogP) is 5.06. The van der Waals surface area contributed by atoms with Gasteiger partial charge in [-0.05, 0) is 23.6 Å². The largest absolute Gasteiger partial charge is 0.481 e. The van der Waals surface area contributed by atoms with Gasteiger partial charge in [-0.2, -0.15) is 0 Å². The summed E-state index contributed by atoms with van der Waals surface area (Å²) in [5, 5.41) is 1.33. The fraction of sp³-hybridized carbons (Fsp3) is 0.250. The van der Waals surface area contributed by atoms with Gasteiger partial charge in [0.25, 0.3) is 0 Å². The Labute approximate surface area is 173 Å². The van der Waals surface area contributed by atoms with E-state index in [4.69, 9.17) is 13.6 Å². The number of hydrogen-bond acceptors (Lipinski definition) is 6. The maximum absolute atomic E-state index is 13.3. The van der Waals surface area contributed by atoms with Crippen LogP contribution < -0.4 is 10.2 Å². The number of carbonyl (C=O) groups is 1. The number of esters is 1. The average Bonchev–Trinajstić information content (AvgIpc) is 3.14. The fourth-order valence-corrected chi connectivity index (χ4v) is 3.34. The summed E-state index contributed by atoms with van der Waals surface area (Å²) >= 11 is 0. The molecule has 0 atom stereocenters. The highest BCUT2D eigenvalue weighted by molar-refractivity contribution is 5.87. The number of methoxy groups -OCH3 is 1. The Hall–Kier alpha value is -3.54. The third-order valence-electron chi connectivity index (χ3n) is 4.95. The highest BCUT2D eigenvalue weighted by atomic mass is 16.6. The lowest BCUT2D eigenvalue weighted by atomic mass is 9.85. The van der Waals surface area contributed by atoms with Crippen LogP contribution in [0.25, 0.3) is 33.3 Å². The van der Waals surface area contributed by atoms with Gasteiger partial charge < -0.3 is 18.3 Å².